The summed E-state index contributed by atoms with van der Waals surface area (Å²) in [4.78, 5) is 14.9. The van der Waals surface area contributed by atoms with Crippen LogP contribution in [0.25, 0.3) is 6.08 Å². The van der Waals surface area contributed by atoms with Crippen LogP contribution in [0.15, 0.2) is 59.6 Å². The van der Waals surface area contributed by atoms with Crippen molar-refractivity contribution in [3.63, 3.8) is 0 Å². The molecule has 0 amide bonds. The number of benzene rings is 2. The smallest absolute Gasteiger partial charge is 0.328 e. The van der Waals surface area contributed by atoms with Gasteiger partial charge in [-0.2, -0.15) is 5.26 Å². The zero-order chi connectivity index (χ0) is 15.1. The lowest BCUT2D eigenvalue weighted by atomic mass is 10.1. The Morgan fingerprint density at radius 3 is 2.48 bits per heavy atom. The molecule has 0 aliphatic carbocycles. The Labute approximate surface area is 122 Å². The van der Waals surface area contributed by atoms with Crippen LogP contribution < -0.4 is 0 Å². The van der Waals surface area contributed by atoms with Crippen LogP contribution in [0.1, 0.15) is 16.7 Å². The molecule has 0 aromatic heterocycles. The molecule has 2 aromatic carbocycles. The van der Waals surface area contributed by atoms with Crippen LogP contribution in [0.3, 0.4) is 0 Å². The van der Waals surface area contributed by atoms with Crippen LogP contribution in [0.4, 0.5) is 5.69 Å². The molecule has 2 rings (SSSR count). The molecule has 102 valence electrons. The van der Waals surface area contributed by atoms with Crippen molar-refractivity contribution in [2.75, 3.05) is 0 Å². The van der Waals surface area contributed by atoms with Crippen molar-refractivity contribution < 1.29 is 9.90 Å². The molecule has 0 aliphatic rings. The van der Waals surface area contributed by atoms with Gasteiger partial charge in [-0.25, -0.2) is 4.79 Å². The lowest BCUT2D eigenvalue weighted by Crippen LogP contribution is -1.88. The van der Waals surface area contributed by atoms with Crippen LogP contribution in [0, 0.1) is 11.3 Å². The molecular formula is C17H12N2O2. The molecule has 0 spiro atoms. The summed E-state index contributed by atoms with van der Waals surface area (Å²) in [6.45, 7) is 0. The van der Waals surface area contributed by atoms with Gasteiger partial charge in [-0.15, -0.1) is 0 Å². The van der Waals surface area contributed by atoms with Gasteiger partial charge in [-0.1, -0.05) is 36.4 Å². The van der Waals surface area contributed by atoms with E-state index >= 15 is 0 Å². The van der Waals surface area contributed by atoms with Gasteiger partial charge in [0.2, 0.25) is 0 Å². The van der Waals surface area contributed by atoms with Crippen LogP contribution >= 0.6 is 0 Å². The van der Waals surface area contributed by atoms with Gasteiger partial charge < -0.3 is 5.11 Å². The lowest BCUT2D eigenvalue weighted by molar-refractivity contribution is -0.131. The Hall–Kier alpha value is -3.19. The maximum Gasteiger partial charge on any atom is 0.328 e. The number of nitriles is 1. The molecule has 0 heterocycles. The summed E-state index contributed by atoms with van der Waals surface area (Å²) in [6, 6.07) is 16.4. The molecule has 0 aliphatic heterocycles. The fourth-order valence-corrected chi connectivity index (χ4v) is 1.76. The number of carboxylic acid groups (broad SMARTS) is 1. The van der Waals surface area contributed by atoms with E-state index in [-0.39, 0.29) is 0 Å². The largest absolute Gasteiger partial charge is 0.478 e. The van der Waals surface area contributed by atoms with E-state index in [1.807, 2.05) is 18.2 Å². The highest BCUT2D eigenvalue weighted by Gasteiger charge is 1.99. The molecule has 0 bridgehead atoms. The molecule has 0 saturated heterocycles. The first kappa shape index (κ1) is 14.2. The number of rotatable bonds is 4. The van der Waals surface area contributed by atoms with Gasteiger partial charge >= 0.3 is 5.97 Å². The number of nitrogens with zero attached hydrogens (tertiary/aromatic N) is 2. The summed E-state index contributed by atoms with van der Waals surface area (Å²) in [5.74, 6) is -1.01. The zero-order valence-electron chi connectivity index (χ0n) is 11.1. The summed E-state index contributed by atoms with van der Waals surface area (Å²) >= 11 is 0. The van der Waals surface area contributed by atoms with Crippen LogP contribution in [-0.2, 0) is 4.79 Å². The summed E-state index contributed by atoms with van der Waals surface area (Å²) in [5.41, 5.74) is 2.60. The second-order valence-electron chi connectivity index (χ2n) is 4.19. The first-order valence-electron chi connectivity index (χ1n) is 6.24. The zero-order valence-corrected chi connectivity index (χ0v) is 11.1. The molecule has 0 saturated carbocycles. The predicted octanol–water partition coefficient (Wildman–Crippen LogP) is 3.41. The minimum absolute atomic E-state index is 0.541. The number of hydrogen-bond acceptors (Lipinski definition) is 3. The van der Waals surface area contributed by atoms with Gasteiger partial charge in [0.05, 0.1) is 17.3 Å². The van der Waals surface area contributed by atoms with Crippen molar-refractivity contribution in [2.24, 2.45) is 4.99 Å². The SMILES string of the molecule is N#Cc1ccccc1/C=N/c1ccccc1/C=C/C(=O)O. The number of carboxylic acids is 1. The van der Waals surface area contributed by atoms with Gasteiger partial charge in [0.1, 0.15) is 0 Å². The van der Waals surface area contributed by atoms with E-state index in [0.29, 0.717) is 16.8 Å². The third-order valence-electron chi connectivity index (χ3n) is 2.77. The minimum atomic E-state index is -1.01. The van der Waals surface area contributed by atoms with Crippen molar-refractivity contribution in [3.05, 3.63) is 71.3 Å². The summed E-state index contributed by atoms with van der Waals surface area (Å²) < 4.78 is 0. The second kappa shape index (κ2) is 6.83. The Bertz CT molecular complexity index is 755. The quantitative estimate of drug-likeness (QED) is 0.687. The normalized spacial score (nSPS) is 10.8. The average molecular weight is 276 g/mol. The number of carbonyl (C=O) groups is 1. The second-order valence-corrected chi connectivity index (χ2v) is 4.19. The minimum Gasteiger partial charge on any atom is -0.478 e. The Balaban J connectivity index is 2.34. The highest BCUT2D eigenvalue weighted by molar-refractivity contribution is 5.89. The van der Waals surface area contributed by atoms with Crippen LogP contribution in [-0.4, -0.2) is 17.3 Å². The van der Waals surface area contributed by atoms with Crippen molar-refractivity contribution in [1.29, 1.82) is 5.26 Å². The highest BCUT2D eigenvalue weighted by Crippen LogP contribution is 2.20. The van der Waals surface area contributed by atoms with E-state index in [0.717, 1.165) is 11.6 Å². The van der Waals surface area contributed by atoms with Gasteiger partial charge in [-0.3, -0.25) is 4.99 Å². The van der Waals surface area contributed by atoms with Gasteiger partial charge in [0.15, 0.2) is 0 Å². The Kier molecular flexibility index (Phi) is 4.62. The first-order valence-corrected chi connectivity index (χ1v) is 6.24. The third kappa shape index (κ3) is 3.88. The number of aliphatic carboxylic acids is 1. The highest BCUT2D eigenvalue weighted by atomic mass is 16.4. The van der Waals surface area contributed by atoms with Crippen molar-refractivity contribution >= 4 is 23.9 Å². The van der Waals surface area contributed by atoms with Crippen molar-refractivity contribution in [1.82, 2.24) is 0 Å². The summed E-state index contributed by atoms with van der Waals surface area (Å²) in [6.07, 6.45) is 4.16. The molecular weight excluding hydrogens is 264 g/mol. The van der Waals surface area contributed by atoms with E-state index in [1.165, 1.54) is 6.08 Å². The Morgan fingerprint density at radius 1 is 1.10 bits per heavy atom. The van der Waals surface area contributed by atoms with Gasteiger partial charge in [0.25, 0.3) is 0 Å². The van der Waals surface area contributed by atoms with Gasteiger partial charge in [0, 0.05) is 23.4 Å². The maximum atomic E-state index is 10.6. The summed E-state index contributed by atoms with van der Waals surface area (Å²) in [7, 11) is 0. The standard InChI is InChI=1S/C17H12N2O2/c18-11-14-6-1-2-7-15(14)12-19-16-8-4-3-5-13(16)9-10-17(20)21/h1-10,12H,(H,20,21)/b10-9+,19-12+. The first-order chi connectivity index (χ1) is 10.2. The summed E-state index contributed by atoms with van der Waals surface area (Å²) in [5, 5.41) is 17.7. The molecule has 2 aromatic rings. The fourth-order valence-electron chi connectivity index (χ4n) is 1.76. The number of aliphatic imine (C=N–C) groups is 1. The van der Waals surface area contributed by atoms with E-state index in [2.05, 4.69) is 11.1 Å². The monoisotopic (exact) mass is 276 g/mol. The average Bonchev–Trinajstić information content (AvgIpc) is 2.51. The van der Waals surface area contributed by atoms with Crippen molar-refractivity contribution in [3.8, 4) is 6.07 Å². The number of hydrogen-bond donors (Lipinski definition) is 1. The molecule has 1 N–H and O–H groups in total. The fraction of sp³-hybridized carbons (Fsp3) is 0. The molecule has 0 radical (unpaired) electrons. The van der Waals surface area contributed by atoms with E-state index in [1.54, 1.807) is 36.5 Å². The molecule has 0 atom stereocenters. The van der Waals surface area contributed by atoms with Crippen molar-refractivity contribution in [2.45, 2.75) is 0 Å². The molecule has 21 heavy (non-hydrogen) atoms. The van der Waals surface area contributed by atoms with Gasteiger partial charge in [-0.05, 0) is 18.2 Å². The van der Waals surface area contributed by atoms with Crippen LogP contribution in [0.5, 0.6) is 0 Å². The Morgan fingerprint density at radius 2 is 1.76 bits per heavy atom. The van der Waals surface area contributed by atoms with Crippen LogP contribution in [0.2, 0.25) is 0 Å². The number of para-hydroxylation sites is 1. The molecule has 0 fully saturated rings. The lowest BCUT2D eigenvalue weighted by Gasteiger charge is -2.00. The maximum absolute atomic E-state index is 10.6. The topological polar surface area (TPSA) is 73.5 Å². The van der Waals surface area contributed by atoms with E-state index in [4.69, 9.17) is 10.4 Å². The predicted molar refractivity (Wildman–Crippen MR) is 81.5 cm³/mol. The molecule has 4 nitrogen and oxygen atoms in total. The van der Waals surface area contributed by atoms with E-state index < -0.39 is 5.97 Å². The third-order valence-corrected chi connectivity index (χ3v) is 2.77. The molecule has 4 heteroatoms. The van der Waals surface area contributed by atoms with E-state index in [9.17, 15) is 4.79 Å². The molecule has 0 unspecified atom stereocenters.